The van der Waals surface area contributed by atoms with Gasteiger partial charge in [0.25, 0.3) is 0 Å². The monoisotopic (exact) mass is 196 g/mol. The van der Waals surface area contributed by atoms with Crippen molar-refractivity contribution < 1.29 is 9.59 Å². The molecule has 2 amide bonds. The highest BCUT2D eigenvalue weighted by Crippen LogP contribution is 2.24. The molecule has 2 rings (SSSR count). The Morgan fingerprint density at radius 2 is 1.93 bits per heavy atom. The molecule has 0 aromatic rings. The third-order valence-electron chi connectivity index (χ3n) is 3.10. The van der Waals surface area contributed by atoms with Crippen molar-refractivity contribution in [1.82, 2.24) is 10.2 Å². The van der Waals surface area contributed by atoms with E-state index in [2.05, 4.69) is 5.32 Å². The molecule has 0 spiro atoms. The Morgan fingerprint density at radius 1 is 1.21 bits per heavy atom. The van der Waals surface area contributed by atoms with Gasteiger partial charge in [-0.3, -0.25) is 9.59 Å². The summed E-state index contributed by atoms with van der Waals surface area (Å²) in [6, 6.07) is 0.398. The minimum atomic E-state index is -0.00107. The van der Waals surface area contributed by atoms with Gasteiger partial charge in [0.2, 0.25) is 11.8 Å². The van der Waals surface area contributed by atoms with Gasteiger partial charge in [-0.1, -0.05) is 12.8 Å². The maximum absolute atomic E-state index is 11.7. The SMILES string of the molecule is O=C1CCN(C2CCCC2)C(=O)CN1. The molecule has 1 aliphatic heterocycles. The highest BCUT2D eigenvalue weighted by atomic mass is 16.2. The number of amides is 2. The average Bonchev–Trinajstić information content (AvgIpc) is 2.63. The molecule has 78 valence electrons. The summed E-state index contributed by atoms with van der Waals surface area (Å²) in [6.07, 6.45) is 5.12. The van der Waals surface area contributed by atoms with Crippen molar-refractivity contribution in [3.8, 4) is 0 Å². The number of nitrogens with zero attached hydrogens (tertiary/aromatic N) is 1. The van der Waals surface area contributed by atoms with E-state index in [1.165, 1.54) is 12.8 Å². The topological polar surface area (TPSA) is 49.4 Å². The first kappa shape index (κ1) is 9.49. The van der Waals surface area contributed by atoms with Crippen LogP contribution in [0.3, 0.4) is 0 Å². The number of rotatable bonds is 1. The zero-order valence-corrected chi connectivity index (χ0v) is 8.29. The van der Waals surface area contributed by atoms with Crippen LogP contribution < -0.4 is 5.32 Å². The number of hydrogen-bond donors (Lipinski definition) is 1. The van der Waals surface area contributed by atoms with E-state index < -0.39 is 0 Å². The van der Waals surface area contributed by atoms with E-state index in [0.717, 1.165) is 12.8 Å². The van der Waals surface area contributed by atoms with Crippen LogP contribution in [-0.2, 0) is 9.59 Å². The lowest BCUT2D eigenvalue weighted by Crippen LogP contribution is -2.41. The Morgan fingerprint density at radius 3 is 2.64 bits per heavy atom. The molecule has 0 unspecified atom stereocenters. The van der Waals surface area contributed by atoms with Gasteiger partial charge >= 0.3 is 0 Å². The summed E-state index contributed by atoms with van der Waals surface area (Å²) in [6.45, 7) is 0.796. The molecule has 1 aliphatic carbocycles. The van der Waals surface area contributed by atoms with Crippen molar-refractivity contribution in [3.05, 3.63) is 0 Å². The van der Waals surface area contributed by atoms with Crippen LogP contribution in [0.25, 0.3) is 0 Å². The van der Waals surface area contributed by atoms with Crippen molar-refractivity contribution in [1.29, 1.82) is 0 Å². The first-order valence-corrected chi connectivity index (χ1v) is 5.33. The Labute approximate surface area is 83.6 Å². The fraction of sp³-hybridized carbons (Fsp3) is 0.800. The Balaban J connectivity index is 2.01. The normalized spacial score (nSPS) is 25.0. The molecule has 1 saturated heterocycles. The van der Waals surface area contributed by atoms with Gasteiger partial charge in [0, 0.05) is 19.0 Å². The Bertz CT molecular complexity index is 247. The number of nitrogens with one attached hydrogen (secondary N) is 1. The first-order valence-electron chi connectivity index (χ1n) is 5.33. The van der Waals surface area contributed by atoms with Gasteiger partial charge in [-0.15, -0.1) is 0 Å². The van der Waals surface area contributed by atoms with Crippen LogP contribution >= 0.6 is 0 Å². The number of carbonyl (C=O) groups is 2. The molecule has 0 bridgehead atoms. The standard InChI is InChI=1S/C10H16N2O2/c13-9-5-6-12(10(14)7-11-9)8-3-1-2-4-8/h8H,1-7H2,(H,11,13). The van der Waals surface area contributed by atoms with Crippen LogP contribution in [0, 0.1) is 0 Å². The van der Waals surface area contributed by atoms with Crippen molar-refractivity contribution >= 4 is 11.8 Å². The van der Waals surface area contributed by atoms with Crippen LogP contribution in [0.15, 0.2) is 0 Å². The molecule has 1 heterocycles. The third kappa shape index (κ3) is 1.89. The van der Waals surface area contributed by atoms with Crippen molar-refractivity contribution in [3.63, 3.8) is 0 Å². The van der Waals surface area contributed by atoms with Crippen molar-refractivity contribution in [2.45, 2.75) is 38.1 Å². The van der Waals surface area contributed by atoms with Crippen LogP contribution in [0.1, 0.15) is 32.1 Å². The van der Waals surface area contributed by atoms with Gasteiger partial charge in [0.1, 0.15) is 0 Å². The minimum absolute atomic E-state index is 0.00107. The molecule has 1 saturated carbocycles. The molecule has 2 aliphatic rings. The highest BCUT2D eigenvalue weighted by molar-refractivity contribution is 5.87. The molecule has 14 heavy (non-hydrogen) atoms. The van der Waals surface area contributed by atoms with Gasteiger partial charge in [-0.05, 0) is 12.8 Å². The molecule has 0 atom stereocenters. The molecule has 1 N–H and O–H groups in total. The Hall–Kier alpha value is -1.06. The van der Waals surface area contributed by atoms with Crippen molar-refractivity contribution in [2.24, 2.45) is 0 Å². The van der Waals surface area contributed by atoms with Crippen LogP contribution in [0.2, 0.25) is 0 Å². The third-order valence-corrected chi connectivity index (χ3v) is 3.10. The average molecular weight is 196 g/mol. The summed E-state index contributed by atoms with van der Waals surface area (Å²) in [5.41, 5.74) is 0. The van der Waals surface area contributed by atoms with E-state index in [1.807, 2.05) is 4.90 Å². The molecule has 4 heteroatoms. The highest BCUT2D eigenvalue weighted by Gasteiger charge is 2.28. The van der Waals surface area contributed by atoms with Gasteiger partial charge in [-0.25, -0.2) is 0 Å². The lowest BCUT2D eigenvalue weighted by molar-refractivity contribution is -0.132. The summed E-state index contributed by atoms with van der Waals surface area (Å²) < 4.78 is 0. The molecule has 4 nitrogen and oxygen atoms in total. The molecule has 0 aromatic heterocycles. The second-order valence-corrected chi connectivity index (χ2v) is 4.05. The second-order valence-electron chi connectivity index (χ2n) is 4.05. The summed E-state index contributed by atoms with van der Waals surface area (Å²) in [5.74, 6) is 0.0848. The molecule has 0 radical (unpaired) electrons. The minimum Gasteiger partial charge on any atom is -0.347 e. The fourth-order valence-corrected chi connectivity index (χ4v) is 2.31. The van der Waals surface area contributed by atoms with Crippen LogP contribution in [0.4, 0.5) is 0 Å². The van der Waals surface area contributed by atoms with Gasteiger partial charge in [-0.2, -0.15) is 0 Å². The first-order chi connectivity index (χ1) is 6.77. The second kappa shape index (κ2) is 3.98. The van der Waals surface area contributed by atoms with E-state index in [1.54, 1.807) is 0 Å². The largest absolute Gasteiger partial charge is 0.347 e. The van der Waals surface area contributed by atoms with E-state index in [9.17, 15) is 9.59 Å². The maximum Gasteiger partial charge on any atom is 0.242 e. The molecular weight excluding hydrogens is 180 g/mol. The van der Waals surface area contributed by atoms with Crippen LogP contribution in [-0.4, -0.2) is 35.8 Å². The van der Waals surface area contributed by atoms with E-state index in [4.69, 9.17) is 0 Å². The molecule has 0 aromatic carbocycles. The van der Waals surface area contributed by atoms with Gasteiger partial charge in [0.15, 0.2) is 0 Å². The summed E-state index contributed by atoms with van der Waals surface area (Å²) in [5, 5.41) is 2.62. The smallest absolute Gasteiger partial charge is 0.242 e. The van der Waals surface area contributed by atoms with E-state index >= 15 is 0 Å². The van der Waals surface area contributed by atoms with Gasteiger partial charge in [0.05, 0.1) is 6.54 Å². The summed E-state index contributed by atoms with van der Waals surface area (Å²) in [7, 11) is 0. The quantitative estimate of drug-likeness (QED) is 0.654. The van der Waals surface area contributed by atoms with E-state index in [-0.39, 0.29) is 18.4 Å². The molecule has 2 fully saturated rings. The number of carbonyl (C=O) groups excluding carboxylic acids is 2. The fourth-order valence-electron chi connectivity index (χ4n) is 2.31. The lowest BCUT2D eigenvalue weighted by Gasteiger charge is -2.26. The lowest BCUT2D eigenvalue weighted by atomic mass is 10.2. The number of hydrogen-bond acceptors (Lipinski definition) is 2. The van der Waals surface area contributed by atoms with Crippen LogP contribution in [0.5, 0.6) is 0 Å². The van der Waals surface area contributed by atoms with Gasteiger partial charge < -0.3 is 10.2 Å². The zero-order chi connectivity index (χ0) is 9.97. The molecular formula is C10H16N2O2. The zero-order valence-electron chi connectivity index (χ0n) is 8.29. The summed E-state index contributed by atoms with van der Waals surface area (Å²) in [4.78, 5) is 24.7. The summed E-state index contributed by atoms with van der Waals surface area (Å²) >= 11 is 0. The van der Waals surface area contributed by atoms with Crippen molar-refractivity contribution in [2.75, 3.05) is 13.1 Å². The Kier molecular flexibility index (Phi) is 2.70. The maximum atomic E-state index is 11.7. The predicted octanol–water partition coefficient (Wildman–Crippen LogP) is 0.277. The predicted molar refractivity (Wildman–Crippen MR) is 51.6 cm³/mol. The van der Waals surface area contributed by atoms with E-state index in [0.29, 0.717) is 19.0 Å².